The Bertz CT molecular complexity index is 661. The lowest BCUT2D eigenvalue weighted by molar-refractivity contribution is 0.0726. The van der Waals surface area contributed by atoms with Crippen LogP contribution in [0.15, 0.2) is 30.3 Å². The predicted octanol–water partition coefficient (Wildman–Crippen LogP) is 2.30. The van der Waals surface area contributed by atoms with Gasteiger partial charge in [0.1, 0.15) is 5.82 Å². The molecule has 0 radical (unpaired) electrons. The van der Waals surface area contributed by atoms with Crippen LogP contribution in [0.5, 0.6) is 23.0 Å². The molecule has 0 bridgehead atoms. The summed E-state index contributed by atoms with van der Waals surface area (Å²) in [7, 11) is 0. The molecule has 5 nitrogen and oxygen atoms in total. The monoisotopic (exact) mass is 282 g/mol. The molecule has 20 heavy (non-hydrogen) atoms. The third-order valence-corrected chi connectivity index (χ3v) is 2.40. The molecule has 3 N–H and O–H groups in total. The third kappa shape index (κ3) is 2.61. The van der Waals surface area contributed by atoms with Crippen LogP contribution < -0.4 is 4.74 Å². The number of phenols is 3. The molecule has 0 fully saturated rings. The lowest BCUT2D eigenvalue weighted by atomic mass is 10.2. The summed E-state index contributed by atoms with van der Waals surface area (Å²) in [5.74, 6) is -5.79. The van der Waals surface area contributed by atoms with Crippen LogP contribution in [-0.4, -0.2) is 21.3 Å². The highest BCUT2D eigenvalue weighted by Gasteiger charge is 2.17. The van der Waals surface area contributed by atoms with Crippen LogP contribution in [0.25, 0.3) is 0 Å². The van der Waals surface area contributed by atoms with Crippen molar-refractivity contribution in [1.82, 2.24) is 0 Å². The second kappa shape index (κ2) is 5.04. The van der Waals surface area contributed by atoms with Gasteiger partial charge in [-0.25, -0.2) is 13.6 Å². The Balaban J connectivity index is 2.28. The molecular formula is C13H8F2O5. The third-order valence-electron chi connectivity index (χ3n) is 2.40. The van der Waals surface area contributed by atoms with Gasteiger partial charge in [0, 0.05) is 6.07 Å². The van der Waals surface area contributed by atoms with E-state index in [-0.39, 0.29) is 5.56 Å². The number of phenolic OH excluding ortho intramolecular Hbond substituents is 3. The number of carbonyl (C=O) groups excluding carboxylic acids is 1. The molecule has 2 rings (SSSR count). The number of hydrogen-bond donors (Lipinski definition) is 3. The topological polar surface area (TPSA) is 87.0 Å². The zero-order valence-corrected chi connectivity index (χ0v) is 9.80. The van der Waals surface area contributed by atoms with Gasteiger partial charge in [0.2, 0.25) is 0 Å². The van der Waals surface area contributed by atoms with Crippen LogP contribution >= 0.6 is 0 Å². The Labute approximate surface area is 111 Å². The maximum atomic E-state index is 13.3. The lowest BCUT2D eigenvalue weighted by Gasteiger charge is -2.07. The minimum absolute atomic E-state index is 0.318. The van der Waals surface area contributed by atoms with Crippen LogP contribution in [-0.2, 0) is 0 Å². The van der Waals surface area contributed by atoms with Crippen LogP contribution in [0.3, 0.4) is 0 Å². The minimum atomic E-state index is -1.10. The number of aromatic hydroxyl groups is 3. The van der Waals surface area contributed by atoms with Crippen molar-refractivity contribution in [3.8, 4) is 23.0 Å². The smallest absolute Gasteiger partial charge is 0.343 e. The summed E-state index contributed by atoms with van der Waals surface area (Å²) < 4.78 is 30.6. The van der Waals surface area contributed by atoms with E-state index in [1.54, 1.807) is 0 Å². The minimum Gasteiger partial charge on any atom is -0.504 e. The van der Waals surface area contributed by atoms with Gasteiger partial charge in [-0.15, -0.1) is 0 Å². The van der Waals surface area contributed by atoms with E-state index in [4.69, 9.17) is 5.11 Å². The largest absolute Gasteiger partial charge is 0.504 e. The van der Waals surface area contributed by atoms with Crippen molar-refractivity contribution < 1.29 is 33.6 Å². The molecule has 0 aliphatic heterocycles. The number of ether oxygens (including phenoxy) is 1. The van der Waals surface area contributed by atoms with Crippen molar-refractivity contribution in [2.75, 3.05) is 0 Å². The average Bonchev–Trinajstić information content (AvgIpc) is 2.38. The second-order valence-corrected chi connectivity index (χ2v) is 3.83. The molecule has 0 aliphatic carbocycles. The number of rotatable bonds is 2. The van der Waals surface area contributed by atoms with Gasteiger partial charge < -0.3 is 20.1 Å². The summed E-state index contributed by atoms with van der Waals surface area (Å²) in [5.41, 5.74) is -0.318. The zero-order valence-electron chi connectivity index (χ0n) is 9.80. The Kier molecular flexibility index (Phi) is 3.43. The summed E-state index contributed by atoms with van der Waals surface area (Å²) in [6.07, 6.45) is 0. The molecule has 7 heteroatoms. The summed E-state index contributed by atoms with van der Waals surface area (Å²) in [6, 6.07) is 4.02. The van der Waals surface area contributed by atoms with E-state index >= 15 is 0 Å². The molecule has 0 amide bonds. The number of hydrogen-bond acceptors (Lipinski definition) is 5. The quantitative estimate of drug-likeness (QED) is 0.447. The van der Waals surface area contributed by atoms with Gasteiger partial charge in [-0.2, -0.15) is 0 Å². The summed E-state index contributed by atoms with van der Waals surface area (Å²) >= 11 is 0. The molecule has 0 heterocycles. The fourth-order valence-electron chi connectivity index (χ4n) is 1.44. The van der Waals surface area contributed by atoms with Crippen LogP contribution in [0, 0.1) is 11.6 Å². The molecule has 0 saturated heterocycles. The Hall–Kier alpha value is -2.83. The number of carbonyl (C=O) groups is 1. The van der Waals surface area contributed by atoms with E-state index in [1.807, 2.05) is 0 Å². The van der Waals surface area contributed by atoms with Gasteiger partial charge in [-0.05, 0) is 24.3 Å². The van der Waals surface area contributed by atoms with E-state index in [1.165, 1.54) is 0 Å². The highest BCUT2D eigenvalue weighted by atomic mass is 19.1. The molecule has 0 unspecified atom stereocenters. The number of esters is 1. The Morgan fingerprint density at radius 3 is 2.15 bits per heavy atom. The van der Waals surface area contributed by atoms with Crippen LogP contribution in [0.2, 0.25) is 0 Å². The van der Waals surface area contributed by atoms with Crippen LogP contribution in [0.4, 0.5) is 8.78 Å². The number of halogens is 2. The highest BCUT2D eigenvalue weighted by molar-refractivity contribution is 5.92. The second-order valence-electron chi connectivity index (χ2n) is 3.83. The first-order valence-electron chi connectivity index (χ1n) is 5.30. The molecule has 104 valence electrons. The van der Waals surface area contributed by atoms with Gasteiger partial charge in [-0.1, -0.05) is 0 Å². The molecule has 2 aromatic rings. The van der Waals surface area contributed by atoms with Gasteiger partial charge in [0.15, 0.2) is 28.8 Å². The van der Waals surface area contributed by atoms with E-state index < -0.39 is 40.6 Å². The summed E-state index contributed by atoms with van der Waals surface area (Å²) in [6.45, 7) is 0. The van der Waals surface area contributed by atoms with Gasteiger partial charge >= 0.3 is 5.97 Å². The average molecular weight is 282 g/mol. The molecule has 0 aliphatic rings. The van der Waals surface area contributed by atoms with Gasteiger partial charge in [0.25, 0.3) is 0 Å². The fourth-order valence-corrected chi connectivity index (χ4v) is 1.44. The zero-order chi connectivity index (χ0) is 14.9. The molecule has 0 saturated carbocycles. The lowest BCUT2D eigenvalue weighted by Crippen LogP contribution is -2.09. The first-order chi connectivity index (χ1) is 9.38. The Morgan fingerprint density at radius 2 is 1.60 bits per heavy atom. The summed E-state index contributed by atoms with van der Waals surface area (Å²) in [5, 5.41) is 27.6. The van der Waals surface area contributed by atoms with Gasteiger partial charge in [0.05, 0.1) is 5.56 Å². The maximum absolute atomic E-state index is 13.3. The van der Waals surface area contributed by atoms with E-state index in [0.717, 1.165) is 24.3 Å². The molecule has 2 aromatic carbocycles. The van der Waals surface area contributed by atoms with Crippen molar-refractivity contribution in [3.63, 3.8) is 0 Å². The van der Waals surface area contributed by atoms with Crippen molar-refractivity contribution in [2.45, 2.75) is 0 Å². The maximum Gasteiger partial charge on any atom is 0.343 e. The first-order valence-corrected chi connectivity index (χ1v) is 5.30. The van der Waals surface area contributed by atoms with Crippen molar-refractivity contribution in [2.24, 2.45) is 0 Å². The van der Waals surface area contributed by atoms with E-state index in [0.29, 0.717) is 6.07 Å². The predicted molar refractivity (Wildman–Crippen MR) is 62.8 cm³/mol. The SMILES string of the molecule is O=C(Oc1ccc(F)cc1F)c1cc(O)c(O)c(O)c1. The van der Waals surface area contributed by atoms with E-state index in [2.05, 4.69) is 4.74 Å². The van der Waals surface area contributed by atoms with E-state index in [9.17, 15) is 23.8 Å². The highest BCUT2D eigenvalue weighted by Crippen LogP contribution is 2.35. The normalized spacial score (nSPS) is 10.3. The van der Waals surface area contributed by atoms with Crippen LogP contribution in [0.1, 0.15) is 10.4 Å². The van der Waals surface area contributed by atoms with Crippen molar-refractivity contribution in [1.29, 1.82) is 0 Å². The molecule has 0 atom stereocenters. The molecular weight excluding hydrogens is 274 g/mol. The van der Waals surface area contributed by atoms with Gasteiger partial charge in [-0.3, -0.25) is 0 Å². The standard InChI is InChI=1S/C13H8F2O5/c14-7-1-2-11(8(15)5-7)20-13(19)6-3-9(16)12(18)10(17)4-6/h1-5,16-18H. The fraction of sp³-hybridized carbons (Fsp3) is 0. The van der Waals surface area contributed by atoms with Crippen molar-refractivity contribution in [3.05, 3.63) is 47.5 Å². The van der Waals surface area contributed by atoms with Crippen molar-refractivity contribution >= 4 is 5.97 Å². The number of benzene rings is 2. The molecule has 0 aromatic heterocycles. The first kappa shape index (κ1) is 13.6. The summed E-state index contributed by atoms with van der Waals surface area (Å²) in [4.78, 5) is 11.7. The Morgan fingerprint density at radius 1 is 1.00 bits per heavy atom. The molecule has 0 spiro atoms.